The molecule has 0 radical (unpaired) electrons. The van der Waals surface area contributed by atoms with Gasteiger partial charge >= 0.3 is 5.97 Å². The molecule has 8 nitrogen and oxygen atoms in total. The molecule has 152 valence electrons. The molecule has 3 rings (SSSR count). The number of benzene rings is 2. The van der Waals surface area contributed by atoms with Gasteiger partial charge in [0.15, 0.2) is 0 Å². The molecule has 1 atom stereocenters. The molecule has 1 amide bonds. The fourth-order valence-electron chi connectivity index (χ4n) is 3.40. The Kier molecular flexibility index (Phi) is 6.11. The lowest BCUT2D eigenvalue weighted by molar-refractivity contribution is -0.384. The maximum absolute atomic E-state index is 12.5. The van der Waals surface area contributed by atoms with Gasteiger partial charge in [-0.1, -0.05) is 19.1 Å². The lowest BCUT2D eigenvalue weighted by Crippen LogP contribution is -2.19. The molecule has 8 heteroatoms. The number of carbonyl (C=O) groups is 2. The normalized spacial score (nSPS) is 14.4. The summed E-state index contributed by atoms with van der Waals surface area (Å²) in [6.07, 6.45) is 2.40. The maximum atomic E-state index is 12.5. The Morgan fingerprint density at radius 1 is 1.17 bits per heavy atom. The molecule has 0 saturated carbocycles. The molecule has 1 aliphatic heterocycles. The molecule has 1 unspecified atom stereocenters. The second-order valence-corrected chi connectivity index (χ2v) is 7.25. The molecular formula is C21H23N3O5. The Morgan fingerprint density at radius 3 is 2.41 bits per heavy atom. The van der Waals surface area contributed by atoms with Gasteiger partial charge < -0.3 is 15.3 Å². The topological polar surface area (TPSA) is 113 Å². The summed E-state index contributed by atoms with van der Waals surface area (Å²) in [7, 11) is 0. The van der Waals surface area contributed by atoms with Crippen LogP contribution in [0.1, 0.15) is 35.7 Å². The molecular weight excluding hydrogens is 374 g/mol. The molecule has 1 heterocycles. The Labute approximate surface area is 168 Å². The highest BCUT2D eigenvalue weighted by atomic mass is 16.6. The summed E-state index contributed by atoms with van der Waals surface area (Å²) < 4.78 is 0. The zero-order valence-corrected chi connectivity index (χ0v) is 16.1. The van der Waals surface area contributed by atoms with Crippen molar-refractivity contribution in [1.29, 1.82) is 0 Å². The van der Waals surface area contributed by atoms with Crippen molar-refractivity contribution in [3.63, 3.8) is 0 Å². The molecule has 29 heavy (non-hydrogen) atoms. The van der Waals surface area contributed by atoms with Crippen LogP contribution in [-0.4, -0.2) is 35.0 Å². The summed E-state index contributed by atoms with van der Waals surface area (Å²) in [5, 5.41) is 23.2. The summed E-state index contributed by atoms with van der Waals surface area (Å²) >= 11 is 0. The largest absolute Gasteiger partial charge is 0.481 e. The van der Waals surface area contributed by atoms with Gasteiger partial charge in [-0.25, -0.2) is 0 Å². The number of carboxylic acid groups (broad SMARTS) is 1. The third-order valence-corrected chi connectivity index (χ3v) is 5.06. The highest BCUT2D eigenvalue weighted by molar-refractivity contribution is 6.05. The molecule has 2 aromatic carbocycles. The molecule has 2 aromatic rings. The van der Waals surface area contributed by atoms with Gasteiger partial charge in [-0.3, -0.25) is 19.7 Å². The molecule has 1 fully saturated rings. The van der Waals surface area contributed by atoms with Crippen molar-refractivity contribution in [1.82, 2.24) is 0 Å². The number of nitrogens with zero attached hydrogens (tertiary/aromatic N) is 2. The molecule has 0 aliphatic carbocycles. The fraction of sp³-hybridized carbons (Fsp3) is 0.333. The van der Waals surface area contributed by atoms with Crippen LogP contribution < -0.4 is 10.2 Å². The number of nitrogens with one attached hydrogen (secondary N) is 1. The van der Waals surface area contributed by atoms with Crippen molar-refractivity contribution in [3.05, 3.63) is 63.7 Å². The summed E-state index contributed by atoms with van der Waals surface area (Å²) in [6, 6.07) is 11.4. The van der Waals surface area contributed by atoms with Crippen LogP contribution in [0.25, 0.3) is 0 Å². The molecule has 0 spiro atoms. The van der Waals surface area contributed by atoms with Crippen LogP contribution in [0.4, 0.5) is 17.1 Å². The van der Waals surface area contributed by atoms with Gasteiger partial charge in [0, 0.05) is 30.4 Å². The van der Waals surface area contributed by atoms with Gasteiger partial charge in [0.25, 0.3) is 11.6 Å². The van der Waals surface area contributed by atoms with Gasteiger partial charge in [-0.05, 0) is 49.1 Å². The van der Waals surface area contributed by atoms with Gasteiger partial charge in [0.2, 0.25) is 0 Å². The van der Waals surface area contributed by atoms with Gasteiger partial charge in [-0.2, -0.15) is 0 Å². The van der Waals surface area contributed by atoms with E-state index in [1.54, 1.807) is 43.3 Å². The molecule has 1 saturated heterocycles. The lowest BCUT2D eigenvalue weighted by atomic mass is 10.0. The van der Waals surface area contributed by atoms with Crippen molar-refractivity contribution in [2.24, 2.45) is 5.92 Å². The zero-order valence-electron chi connectivity index (χ0n) is 16.1. The number of nitro benzene ring substituents is 1. The smallest absolute Gasteiger partial charge is 0.306 e. The lowest BCUT2D eigenvalue weighted by Gasteiger charge is -2.17. The van der Waals surface area contributed by atoms with E-state index in [4.69, 9.17) is 5.11 Å². The van der Waals surface area contributed by atoms with Crippen molar-refractivity contribution in [2.45, 2.75) is 26.2 Å². The summed E-state index contributed by atoms with van der Waals surface area (Å²) in [4.78, 5) is 36.5. The fourth-order valence-corrected chi connectivity index (χ4v) is 3.40. The van der Waals surface area contributed by atoms with Crippen LogP contribution >= 0.6 is 0 Å². The number of hydrogen-bond acceptors (Lipinski definition) is 5. The van der Waals surface area contributed by atoms with E-state index in [0.29, 0.717) is 17.8 Å². The van der Waals surface area contributed by atoms with Gasteiger partial charge in [0.05, 0.1) is 10.8 Å². The van der Waals surface area contributed by atoms with E-state index in [2.05, 4.69) is 5.32 Å². The molecule has 1 aliphatic rings. The van der Waals surface area contributed by atoms with Crippen molar-refractivity contribution in [2.75, 3.05) is 23.3 Å². The molecule has 0 bridgehead atoms. The third-order valence-electron chi connectivity index (χ3n) is 5.06. The van der Waals surface area contributed by atoms with E-state index in [1.165, 1.54) is 6.07 Å². The van der Waals surface area contributed by atoms with Crippen LogP contribution in [0.5, 0.6) is 0 Å². The highest BCUT2D eigenvalue weighted by Crippen LogP contribution is 2.31. The SMILES string of the molecule is CC(Cc1ccc(NC(=O)c2ccc(N3CCCC3)c([N+](=O)[O-])c2)cc1)C(=O)O. The first-order chi connectivity index (χ1) is 13.8. The predicted octanol–water partition coefficient (Wildman–Crippen LogP) is 3.71. The van der Waals surface area contributed by atoms with Crippen LogP contribution in [0.3, 0.4) is 0 Å². The highest BCUT2D eigenvalue weighted by Gasteiger charge is 2.24. The van der Waals surface area contributed by atoms with Crippen molar-refractivity contribution >= 4 is 28.9 Å². The number of carboxylic acids is 1. The molecule has 2 N–H and O–H groups in total. The number of nitro groups is 1. The Morgan fingerprint density at radius 2 is 1.83 bits per heavy atom. The summed E-state index contributed by atoms with van der Waals surface area (Å²) in [5.74, 6) is -1.79. The van der Waals surface area contributed by atoms with Gasteiger partial charge in [0.1, 0.15) is 5.69 Å². The number of carbonyl (C=O) groups excluding carboxylic acids is 1. The molecule has 0 aromatic heterocycles. The average Bonchev–Trinajstić information content (AvgIpc) is 3.23. The third kappa shape index (κ3) is 4.90. The number of anilines is 2. The number of amides is 1. The number of hydrogen-bond donors (Lipinski definition) is 2. The minimum Gasteiger partial charge on any atom is -0.481 e. The maximum Gasteiger partial charge on any atom is 0.306 e. The van der Waals surface area contributed by atoms with E-state index in [-0.39, 0.29) is 11.3 Å². The average molecular weight is 397 g/mol. The van der Waals surface area contributed by atoms with Crippen LogP contribution in [0.15, 0.2) is 42.5 Å². The van der Waals surface area contributed by atoms with E-state index in [1.807, 2.05) is 4.90 Å². The first kappa shape index (κ1) is 20.3. The van der Waals surface area contributed by atoms with E-state index < -0.39 is 22.7 Å². The van der Waals surface area contributed by atoms with E-state index in [9.17, 15) is 19.7 Å². The zero-order chi connectivity index (χ0) is 21.0. The minimum absolute atomic E-state index is 0.0717. The second kappa shape index (κ2) is 8.72. The first-order valence-electron chi connectivity index (χ1n) is 9.51. The van der Waals surface area contributed by atoms with Gasteiger partial charge in [-0.15, -0.1) is 0 Å². The summed E-state index contributed by atoms with van der Waals surface area (Å²) in [6.45, 7) is 3.19. The van der Waals surface area contributed by atoms with Crippen LogP contribution in [0.2, 0.25) is 0 Å². The number of rotatable bonds is 7. The quantitative estimate of drug-likeness (QED) is 0.544. The van der Waals surface area contributed by atoms with E-state index >= 15 is 0 Å². The Hall–Kier alpha value is -3.42. The first-order valence-corrected chi connectivity index (χ1v) is 9.51. The summed E-state index contributed by atoms with van der Waals surface area (Å²) in [5.41, 5.74) is 2.07. The van der Waals surface area contributed by atoms with Crippen molar-refractivity contribution < 1.29 is 19.6 Å². The second-order valence-electron chi connectivity index (χ2n) is 7.25. The van der Waals surface area contributed by atoms with E-state index in [0.717, 1.165) is 31.5 Å². The Bertz CT molecular complexity index is 920. The predicted molar refractivity (Wildman–Crippen MR) is 109 cm³/mol. The number of aliphatic carboxylic acids is 1. The minimum atomic E-state index is -0.860. The Balaban J connectivity index is 1.72. The van der Waals surface area contributed by atoms with Crippen LogP contribution in [-0.2, 0) is 11.2 Å². The van der Waals surface area contributed by atoms with Crippen LogP contribution in [0, 0.1) is 16.0 Å². The standard InChI is InChI=1S/C21H23N3O5/c1-14(21(26)27)12-15-4-7-17(8-5-15)22-20(25)16-6-9-18(19(13-16)24(28)29)23-10-2-3-11-23/h4-9,13-14H,2-3,10-12H2,1H3,(H,22,25)(H,26,27). The van der Waals surface area contributed by atoms with Crippen molar-refractivity contribution in [3.8, 4) is 0 Å². The monoisotopic (exact) mass is 397 g/mol.